The Morgan fingerprint density at radius 1 is 1.47 bits per heavy atom. The maximum Gasteiger partial charge on any atom is 0.326 e. The Hall–Kier alpha value is -1.75. The van der Waals surface area contributed by atoms with Crippen LogP contribution in [0.15, 0.2) is 24.3 Å². The van der Waals surface area contributed by atoms with Gasteiger partial charge in [-0.1, -0.05) is 24.6 Å². The van der Waals surface area contributed by atoms with E-state index in [1.165, 1.54) is 0 Å². The van der Waals surface area contributed by atoms with Crippen LogP contribution in [0, 0.1) is 0 Å². The number of benzene rings is 1. The molecule has 0 saturated carbocycles. The van der Waals surface area contributed by atoms with Gasteiger partial charge in [-0.05, 0) is 31.5 Å². The standard InChI is InChI=1S/C13H16ClNO4/c1-3-11(13(17)18)15-12(16)8(2)19-10-6-4-5-9(14)7-10/h4-8,11H,3H2,1-2H3,(H,15,16)(H,17,18)/t8?,11-/m0/s1. The van der Waals surface area contributed by atoms with Crippen molar-refractivity contribution in [3.8, 4) is 5.75 Å². The summed E-state index contributed by atoms with van der Waals surface area (Å²) in [4.78, 5) is 22.6. The summed E-state index contributed by atoms with van der Waals surface area (Å²) in [7, 11) is 0. The van der Waals surface area contributed by atoms with Gasteiger partial charge in [0.15, 0.2) is 6.10 Å². The number of hydrogen-bond acceptors (Lipinski definition) is 3. The number of aliphatic carboxylic acids is 1. The third-order valence-corrected chi connectivity index (χ3v) is 2.74. The van der Waals surface area contributed by atoms with Crippen molar-refractivity contribution >= 4 is 23.5 Å². The lowest BCUT2D eigenvalue weighted by Gasteiger charge is -2.18. The minimum absolute atomic E-state index is 0.310. The van der Waals surface area contributed by atoms with Crippen molar-refractivity contribution in [1.29, 1.82) is 0 Å². The topological polar surface area (TPSA) is 75.6 Å². The maximum atomic E-state index is 11.8. The van der Waals surface area contributed by atoms with Gasteiger partial charge in [-0.3, -0.25) is 4.79 Å². The van der Waals surface area contributed by atoms with E-state index in [2.05, 4.69) is 5.32 Å². The van der Waals surface area contributed by atoms with Crippen molar-refractivity contribution in [2.45, 2.75) is 32.4 Å². The summed E-state index contributed by atoms with van der Waals surface area (Å²) in [6, 6.07) is 5.74. The molecule has 19 heavy (non-hydrogen) atoms. The van der Waals surface area contributed by atoms with Crippen molar-refractivity contribution < 1.29 is 19.4 Å². The van der Waals surface area contributed by atoms with E-state index in [1.54, 1.807) is 38.1 Å². The van der Waals surface area contributed by atoms with Crippen LogP contribution >= 0.6 is 11.6 Å². The van der Waals surface area contributed by atoms with E-state index in [4.69, 9.17) is 21.4 Å². The molecule has 0 fully saturated rings. The average molecular weight is 286 g/mol. The second-order valence-corrected chi connectivity index (χ2v) is 4.46. The Morgan fingerprint density at radius 3 is 2.68 bits per heavy atom. The zero-order valence-corrected chi connectivity index (χ0v) is 11.5. The number of carbonyl (C=O) groups excluding carboxylic acids is 1. The molecule has 1 rings (SSSR count). The number of hydrogen-bond donors (Lipinski definition) is 2. The quantitative estimate of drug-likeness (QED) is 0.839. The summed E-state index contributed by atoms with van der Waals surface area (Å²) >= 11 is 5.80. The molecule has 0 aliphatic rings. The van der Waals surface area contributed by atoms with Gasteiger partial charge < -0.3 is 15.2 Å². The fraction of sp³-hybridized carbons (Fsp3) is 0.385. The second-order valence-electron chi connectivity index (χ2n) is 4.03. The van der Waals surface area contributed by atoms with Crippen molar-refractivity contribution in [3.63, 3.8) is 0 Å². The maximum absolute atomic E-state index is 11.8. The van der Waals surface area contributed by atoms with E-state index >= 15 is 0 Å². The molecule has 0 aliphatic heterocycles. The van der Waals surface area contributed by atoms with Crippen LogP contribution in [0.3, 0.4) is 0 Å². The van der Waals surface area contributed by atoms with Gasteiger partial charge in [0.05, 0.1) is 0 Å². The molecule has 0 aliphatic carbocycles. The molecule has 1 aromatic rings. The second kappa shape index (κ2) is 6.99. The number of carboxylic acids is 1. The molecule has 0 bridgehead atoms. The summed E-state index contributed by atoms with van der Waals surface area (Å²) in [5, 5.41) is 11.8. The monoisotopic (exact) mass is 285 g/mol. The summed E-state index contributed by atoms with van der Waals surface area (Å²) in [5.74, 6) is -1.08. The molecule has 2 N–H and O–H groups in total. The molecule has 1 amide bonds. The number of halogens is 1. The van der Waals surface area contributed by atoms with Crippen LogP contribution in [0.4, 0.5) is 0 Å². The molecule has 6 heteroatoms. The molecule has 1 aromatic carbocycles. The molecule has 0 saturated heterocycles. The summed E-state index contributed by atoms with van der Waals surface area (Å²) in [5.41, 5.74) is 0. The molecule has 1 unspecified atom stereocenters. The van der Waals surface area contributed by atoms with Gasteiger partial charge in [0.25, 0.3) is 5.91 Å². The highest BCUT2D eigenvalue weighted by Gasteiger charge is 2.22. The number of carbonyl (C=O) groups is 2. The van der Waals surface area contributed by atoms with Gasteiger partial charge in [0.2, 0.25) is 0 Å². The summed E-state index contributed by atoms with van der Waals surface area (Å²) in [6.45, 7) is 3.23. The first-order valence-corrected chi connectivity index (χ1v) is 6.27. The van der Waals surface area contributed by atoms with E-state index in [0.717, 1.165) is 0 Å². The van der Waals surface area contributed by atoms with Gasteiger partial charge in [0.1, 0.15) is 11.8 Å². The molecule has 104 valence electrons. The fourth-order valence-electron chi connectivity index (χ4n) is 1.43. The normalized spacial score (nSPS) is 13.4. The van der Waals surface area contributed by atoms with E-state index in [-0.39, 0.29) is 0 Å². The predicted octanol–water partition coefficient (Wildman–Crippen LogP) is 2.09. The van der Waals surface area contributed by atoms with Crippen LogP contribution in [-0.4, -0.2) is 29.1 Å². The average Bonchev–Trinajstić information content (AvgIpc) is 2.35. The molecular formula is C13H16ClNO4. The van der Waals surface area contributed by atoms with Gasteiger partial charge in [-0.15, -0.1) is 0 Å². The number of rotatable bonds is 6. The van der Waals surface area contributed by atoms with Crippen LogP contribution in [0.1, 0.15) is 20.3 Å². The Balaban J connectivity index is 2.60. The number of amides is 1. The fourth-order valence-corrected chi connectivity index (χ4v) is 1.61. The molecule has 0 radical (unpaired) electrons. The zero-order chi connectivity index (χ0) is 14.4. The lowest BCUT2D eigenvalue weighted by molar-refractivity contribution is -0.143. The first-order valence-electron chi connectivity index (χ1n) is 5.89. The van der Waals surface area contributed by atoms with Gasteiger partial charge in [-0.2, -0.15) is 0 Å². The highest BCUT2D eigenvalue weighted by Crippen LogP contribution is 2.18. The summed E-state index contributed by atoms with van der Waals surface area (Å²) < 4.78 is 5.39. The SMILES string of the molecule is CC[C@H](NC(=O)C(C)Oc1cccc(Cl)c1)C(=O)O. The molecular weight excluding hydrogens is 270 g/mol. The third kappa shape index (κ3) is 4.79. The molecule has 0 heterocycles. The zero-order valence-electron chi connectivity index (χ0n) is 10.7. The first kappa shape index (κ1) is 15.3. The van der Waals surface area contributed by atoms with Gasteiger partial charge in [0, 0.05) is 5.02 Å². The van der Waals surface area contributed by atoms with Crippen LogP contribution in [-0.2, 0) is 9.59 Å². The van der Waals surface area contributed by atoms with E-state index < -0.39 is 24.0 Å². The molecule has 5 nitrogen and oxygen atoms in total. The number of ether oxygens (including phenoxy) is 1. The minimum atomic E-state index is -1.06. The minimum Gasteiger partial charge on any atom is -0.481 e. The van der Waals surface area contributed by atoms with Crippen LogP contribution in [0.25, 0.3) is 0 Å². The van der Waals surface area contributed by atoms with Crippen molar-refractivity contribution in [2.24, 2.45) is 0 Å². The van der Waals surface area contributed by atoms with E-state index in [0.29, 0.717) is 17.2 Å². The Labute approximate surface area is 116 Å². The van der Waals surface area contributed by atoms with E-state index in [1.807, 2.05) is 0 Å². The van der Waals surface area contributed by atoms with Crippen LogP contribution < -0.4 is 10.1 Å². The van der Waals surface area contributed by atoms with Crippen molar-refractivity contribution in [2.75, 3.05) is 0 Å². The Morgan fingerprint density at radius 2 is 2.16 bits per heavy atom. The number of nitrogens with one attached hydrogen (secondary N) is 1. The predicted molar refractivity (Wildman–Crippen MR) is 71.4 cm³/mol. The summed E-state index contributed by atoms with van der Waals surface area (Å²) in [6.07, 6.45) is -0.489. The highest BCUT2D eigenvalue weighted by molar-refractivity contribution is 6.30. The third-order valence-electron chi connectivity index (χ3n) is 2.50. The highest BCUT2D eigenvalue weighted by atomic mass is 35.5. The lowest BCUT2D eigenvalue weighted by atomic mass is 10.2. The smallest absolute Gasteiger partial charge is 0.326 e. The van der Waals surface area contributed by atoms with Gasteiger partial charge >= 0.3 is 5.97 Å². The lowest BCUT2D eigenvalue weighted by Crippen LogP contribution is -2.45. The van der Waals surface area contributed by atoms with Gasteiger partial charge in [-0.25, -0.2) is 4.79 Å². The largest absolute Gasteiger partial charge is 0.481 e. The van der Waals surface area contributed by atoms with Crippen LogP contribution in [0.2, 0.25) is 5.02 Å². The van der Waals surface area contributed by atoms with Crippen LogP contribution in [0.5, 0.6) is 5.75 Å². The van der Waals surface area contributed by atoms with Crippen molar-refractivity contribution in [3.05, 3.63) is 29.3 Å². The van der Waals surface area contributed by atoms with E-state index in [9.17, 15) is 9.59 Å². The molecule has 2 atom stereocenters. The molecule has 0 spiro atoms. The first-order chi connectivity index (χ1) is 8.93. The Bertz CT molecular complexity index is 464. The Kier molecular flexibility index (Phi) is 5.63. The van der Waals surface area contributed by atoms with Crippen molar-refractivity contribution in [1.82, 2.24) is 5.32 Å². The number of carboxylic acid groups (broad SMARTS) is 1. The molecule has 0 aromatic heterocycles.